The summed E-state index contributed by atoms with van der Waals surface area (Å²) in [5.41, 5.74) is 1.72. The zero-order valence-electron chi connectivity index (χ0n) is 9.98. The Bertz CT molecular complexity index is 574. The number of rotatable bonds is 3. The molecule has 92 valence electrons. The van der Waals surface area contributed by atoms with Crippen LogP contribution >= 0.6 is 0 Å². The van der Waals surface area contributed by atoms with E-state index in [0.29, 0.717) is 16.7 Å². The molecular formula is C15H13FO2. The third kappa shape index (κ3) is 2.74. The minimum absolute atomic E-state index is 0.0988. The minimum Gasteiger partial charge on any atom is -0.508 e. The van der Waals surface area contributed by atoms with E-state index < -0.39 is 0 Å². The lowest BCUT2D eigenvalue weighted by molar-refractivity contribution is 0.0993. The van der Waals surface area contributed by atoms with Crippen LogP contribution in [0, 0.1) is 12.7 Å². The Balaban J connectivity index is 2.16. The number of aromatic hydroxyl groups is 1. The molecular weight excluding hydrogens is 231 g/mol. The van der Waals surface area contributed by atoms with Crippen LogP contribution in [-0.4, -0.2) is 10.9 Å². The highest BCUT2D eigenvalue weighted by Crippen LogP contribution is 2.14. The number of aryl methyl sites for hydroxylation is 1. The quantitative estimate of drug-likeness (QED) is 0.841. The van der Waals surface area contributed by atoms with Crippen molar-refractivity contribution in [1.82, 2.24) is 0 Å². The molecule has 18 heavy (non-hydrogen) atoms. The molecule has 0 spiro atoms. The molecule has 2 aromatic carbocycles. The van der Waals surface area contributed by atoms with Crippen molar-refractivity contribution in [3.8, 4) is 5.75 Å². The van der Waals surface area contributed by atoms with Gasteiger partial charge in [0.2, 0.25) is 0 Å². The summed E-state index contributed by atoms with van der Waals surface area (Å²) in [6, 6.07) is 10.8. The molecule has 2 rings (SSSR count). The summed E-state index contributed by atoms with van der Waals surface area (Å²) in [7, 11) is 0. The average molecular weight is 244 g/mol. The van der Waals surface area contributed by atoms with Gasteiger partial charge in [0.1, 0.15) is 11.6 Å². The van der Waals surface area contributed by atoms with E-state index in [0.717, 1.165) is 0 Å². The van der Waals surface area contributed by atoms with Gasteiger partial charge in [-0.05, 0) is 48.4 Å². The van der Waals surface area contributed by atoms with Gasteiger partial charge in [-0.15, -0.1) is 0 Å². The first-order chi connectivity index (χ1) is 8.56. The van der Waals surface area contributed by atoms with Gasteiger partial charge in [-0.2, -0.15) is 0 Å². The predicted octanol–water partition coefficient (Wildman–Crippen LogP) is 3.27. The highest BCUT2D eigenvalue weighted by molar-refractivity contribution is 5.97. The second-order valence-electron chi connectivity index (χ2n) is 4.23. The molecule has 1 N–H and O–H groups in total. The summed E-state index contributed by atoms with van der Waals surface area (Å²) in [5, 5.41) is 9.13. The van der Waals surface area contributed by atoms with Crippen LogP contribution in [0.4, 0.5) is 4.39 Å². The Morgan fingerprint density at radius 1 is 1.17 bits per heavy atom. The maximum absolute atomic E-state index is 13.3. The summed E-state index contributed by atoms with van der Waals surface area (Å²) in [5.74, 6) is -0.280. The zero-order valence-corrected chi connectivity index (χ0v) is 9.98. The highest BCUT2D eigenvalue weighted by Gasteiger charge is 2.08. The van der Waals surface area contributed by atoms with Gasteiger partial charge in [0.25, 0.3) is 0 Å². The molecule has 0 heterocycles. The van der Waals surface area contributed by atoms with E-state index in [4.69, 9.17) is 5.11 Å². The number of ketones is 1. The Labute approximate surface area is 105 Å². The van der Waals surface area contributed by atoms with Crippen molar-refractivity contribution < 1.29 is 14.3 Å². The fourth-order valence-electron chi connectivity index (χ4n) is 1.68. The summed E-state index contributed by atoms with van der Waals surface area (Å²) in [4.78, 5) is 11.9. The second kappa shape index (κ2) is 5.00. The van der Waals surface area contributed by atoms with E-state index in [1.807, 2.05) is 0 Å². The largest absolute Gasteiger partial charge is 0.508 e. The van der Waals surface area contributed by atoms with E-state index in [2.05, 4.69) is 0 Å². The first kappa shape index (κ1) is 12.3. The normalized spacial score (nSPS) is 10.3. The molecule has 0 aliphatic rings. The first-order valence-electron chi connectivity index (χ1n) is 5.63. The number of hydrogen-bond acceptors (Lipinski definition) is 2. The fourth-order valence-corrected chi connectivity index (χ4v) is 1.68. The number of phenols is 1. The van der Waals surface area contributed by atoms with Gasteiger partial charge in [0.05, 0.1) is 0 Å². The van der Waals surface area contributed by atoms with Crippen molar-refractivity contribution in [3.63, 3.8) is 0 Å². The molecule has 3 heteroatoms. The molecule has 0 atom stereocenters. The average Bonchev–Trinajstić information content (AvgIpc) is 2.34. The number of phenolic OH excluding ortho intramolecular Hbond substituents is 1. The van der Waals surface area contributed by atoms with Crippen molar-refractivity contribution in [2.24, 2.45) is 0 Å². The Morgan fingerprint density at radius 3 is 2.44 bits per heavy atom. The molecule has 0 amide bonds. The molecule has 2 aromatic rings. The van der Waals surface area contributed by atoms with Gasteiger partial charge < -0.3 is 5.11 Å². The van der Waals surface area contributed by atoms with Gasteiger partial charge in [-0.25, -0.2) is 4.39 Å². The summed E-state index contributed by atoms with van der Waals surface area (Å²) in [6.45, 7) is 1.68. The summed E-state index contributed by atoms with van der Waals surface area (Å²) < 4.78 is 13.3. The SMILES string of the molecule is Cc1ccc(CC(=O)c2ccc(O)cc2)cc1F. The lowest BCUT2D eigenvalue weighted by Crippen LogP contribution is -2.03. The lowest BCUT2D eigenvalue weighted by Gasteiger charge is -2.03. The van der Waals surface area contributed by atoms with Crippen LogP contribution in [0.1, 0.15) is 21.5 Å². The molecule has 0 aromatic heterocycles. The number of carbonyl (C=O) groups is 1. The van der Waals surface area contributed by atoms with Gasteiger partial charge in [-0.3, -0.25) is 4.79 Å². The van der Waals surface area contributed by atoms with Crippen molar-refractivity contribution in [1.29, 1.82) is 0 Å². The molecule has 2 nitrogen and oxygen atoms in total. The number of Topliss-reactive ketones (excluding diaryl/α,β-unsaturated/α-hetero) is 1. The second-order valence-corrected chi connectivity index (χ2v) is 4.23. The fraction of sp³-hybridized carbons (Fsp3) is 0.133. The third-order valence-electron chi connectivity index (χ3n) is 2.79. The van der Waals surface area contributed by atoms with Crippen LogP contribution in [0.15, 0.2) is 42.5 Å². The van der Waals surface area contributed by atoms with Gasteiger partial charge in [0.15, 0.2) is 5.78 Å². The number of halogens is 1. The van der Waals surface area contributed by atoms with Crippen molar-refractivity contribution >= 4 is 5.78 Å². The maximum Gasteiger partial charge on any atom is 0.167 e. The molecule has 0 aliphatic carbocycles. The maximum atomic E-state index is 13.3. The van der Waals surface area contributed by atoms with Gasteiger partial charge in [-0.1, -0.05) is 12.1 Å². The predicted molar refractivity (Wildman–Crippen MR) is 67.3 cm³/mol. The van der Waals surface area contributed by atoms with Crippen LogP contribution < -0.4 is 0 Å². The summed E-state index contributed by atoms with van der Waals surface area (Å²) in [6.07, 6.45) is 0.155. The van der Waals surface area contributed by atoms with Crippen molar-refractivity contribution in [2.45, 2.75) is 13.3 Å². The lowest BCUT2D eigenvalue weighted by atomic mass is 10.0. The zero-order chi connectivity index (χ0) is 13.1. The highest BCUT2D eigenvalue weighted by atomic mass is 19.1. The van der Waals surface area contributed by atoms with Gasteiger partial charge >= 0.3 is 0 Å². The van der Waals surface area contributed by atoms with Crippen LogP contribution in [0.5, 0.6) is 5.75 Å². The Morgan fingerprint density at radius 2 is 1.83 bits per heavy atom. The van der Waals surface area contributed by atoms with E-state index in [9.17, 15) is 9.18 Å². The number of benzene rings is 2. The number of hydrogen-bond donors (Lipinski definition) is 1. The summed E-state index contributed by atoms with van der Waals surface area (Å²) >= 11 is 0. The van der Waals surface area contributed by atoms with E-state index in [1.165, 1.54) is 18.2 Å². The van der Waals surface area contributed by atoms with Crippen LogP contribution in [0.2, 0.25) is 0 Å². The van der Waals surface area contributed by atoms with Crippen molar-refractivity contribution in [3.05, 3.63) is 65.0 Å². The molecule has 0 unspecified atom stereocenters. The van der Waals surface area contributed by atoms with Crippen LogP contribution in [0.25, 0.3) is 0 Å². The van der Waals surface area contributed by atoms with E-state index >= 15 is 0 Å². The standard InChI is InChI=1S/C15H13FO2/c1-10-2-3-11(8-14(10)16)9-15(18)12-4-6-13(17)7-5-12/h2-8,17H,9H2,1H3. The molecule has 0 radical (unpaired) electrons. The molecule has 0 saturated heterocycles. The first-order valence-corrected chi connectivity index (χ1v) is 5.63. The topological polar surface area (TPSA) is 37.3 Å². The molecule has 0 saturated carbocycles. The monoisotopic (exact) mass is 244 g/mol. The third-order valence-corrected chi connectivity index (χ3v) is 2.79. The Kier molecular flexibility index (Phi) is 3.42. The number of carbonyl (C=O) groups excluding carboxylic acids is 1. The molecule has 0 bridgehead atoms. The van der Waals surface area contributed by atoms with Crippen LogP contribution in [0.3, 0.4) is 0 Å². The van der Waals surface area contributed by atoms with E-state index in [1.54, 1.807) is 31.2 Å². The Hall–Kier alpha value is -2.16. The molecule has 0 aliphatic heterocycles. The van der Waals surface area contributed by atoms with E-state index in [-0.39, 0.29) is 23.8 Å². The molecule has 0 fully saturated rings. The van der Waals surface area contributed by atoms with Crippen molar-refractivity contribution in [2.75, 3.05) is 0 Å². The smallest absolute Gasteiger partial charge is 0.167 e. The van der Waals surface area contributed by atoms with Gasteiger partial charge in [0, 0.05) is 12.0 Å². The minimum atomic E-state index is -0.300. The van der Waals surface area contributed by atoms with Crippen LogP contribution in [-0.2, 0) is 6.42 Å².